The molecular weight excluding hydrogens is 261 g/mol. The van der Waals surface area contributed by atoms with E-state index in [-0.39, 0.29) is 19.0 Å². The highest BCUT2D eigenvalue weighted by molar-refractivity contribution is 5.28. The Kier molecular flexibility index (Phi) is 7.69. The average Bonchev–Trinajstić information content (AvgIpc) is 2.48. The average molecular weight is 285 g/mol. The monoisotopic (exact) mass is 285 g/mol. The van der Waals surface area contributed by atoms with Crippen molar-refractivity contribution in [3.63, 3.8) is 0 Å². The molecule has 0 amide bonds. The summed E-state index contributed by atoms with van der Waals surface area (Å²) in [6.07, 6.45) is 1.28. The molecule has 1 aromatic rings. The predicted octanol–water partition coefficient (Wildman–Crippen LogP) is 1.46. The van der Waals surface area contributed by atoms with Gasteiger partial charge in [0.15, 0.2) is 0 Å². The zero-order valence-corrected chi connectivity index (χ0v) is 12.0. The van der Waals surface area contributed by atoms with Crippen molar-refractivity contribution in [1.82, 2.24) is 0 Å². The molecule has 0 saturated carbocycles. The number of aliphatic hydroxyl groups is 1. The second-order valence-corrected chi connectivity index (χ2v) is 4.83. The van der Waals surface area contributed by atoms with Crippen molar-refractivity contribution in [3.05, 3.63) is 35.6 Å². The van der Waals surface area contributed by atoms with Gasteiger partial charge in [0, 0.05) is 25.7 Å². The molecule has 3 N–H and O–H groups in total. The van der Waals surface area contributed by atoms with E-state index in [1.54, 1.807) is 25.3 Å². The highest BCUT2D eigenvalue weighted by Gasteiger charge is 2.32. The van der Waals surface area contributed by atoms with Crippen molar-refractivity contribution in [3.8, 4) is 0 Å². The molecule has 20 heavy (non-hydrogen) atoms. The molecule has 0 aliphatic heterocycles. The molecule has 114 valence electrons. The zero-order chi connectivity index (χ0) is 14.8. The first-order valence-corrected chi connectivity index (χ1v) is 6.83. The molecule has 0 heterocycles. The molecule has 0 saturated heterocycles. The minimum absolute atomic E-state index is 0.178. The van der Waals surface area contributed by atoms with Crippen LogP contribution in [0, 0.1) is 5.82 Å². The van der Waals surface area contributed by atoms with Gasteiger partial charge in [-0.15, -0.1) is 0 Å². The van der Waals surface area contributed by atoms with Gasteiger partial charge >= 0.3 is 0 Å². The minimum atomic E-state index is -0.740. The van der Waals surface area contributed by atoms with Crippen LogP contribution in [0.15, 0.2) is 24.3 Å². The van der Waals surface area contributed by atoms with Crippen LogP contribution in [0.25, 0.3) is 0 Å². The van der Waals surface area contributed by atoms with Crippen molar-refractivity contribution >= 4 is 0 Å². The van der Waals surface area contributed by atoms with Gasteiger partial charge < -0.3 is 20.3 Å². The van der Waals surface area contributed by atoms with Gasteiger partial charge in [-0.05, 0) is 24.5 Å². The van der Waals surface area contributed by atoms with Crippen LogP contribution in [0.4, 0.5) is 4.39 Å². The molecule has 1 unspecified atom stereocenters. The third-order valence-electron chi connectivity index (χ3n) is 3.51. The maximum absolute atomic E-state index is 13.9. The largest absolute Gasteiger partial charge is 0.395 e. The second-order valence-electron chi connectivity index (χ2n) is 4.83. The second kappa shape index (κ2) is 9.02. The highest BCUT2D eigenvalue weighted by atomic mass is 19.1. The fraction of sp³-hybridized carbons (Fsp3) is 0.600. The first-order chi connectivity index (χ1) is 9.70. The lowest BCUT2D eigenvalue weighted by molar-refractivity contribution is 0.0639. The molecule has 0 spiro atoms. The fourth-order valence-corrected chi connectivity index (χ4v) is 2.22. The Balaban J connectivity index is 2.61. The first kappa shape index (κ1) is 17.0. The van der Waals surface area contributed by atoms with E-state index < -0.39 is 5.41 Å². The molecule has 0 aliphatic carbocycles. The van der Waals surface area contributed by atoms with E-state index in [1.165, 1.54) is 6.07 Å². The van der Waals surface area contributed by atoms with Crippen molar-refractivity contribution in [2.75, 3.05) is 40.1 Å². The molecule has 0 aliphatic rings. The van der Waals surface area contributed by atoms with Crippen LogP contribution >= 0.6 is 0 Å². The molecule has 0 fully saturated rings. The van der Waals surface area contributed by atoms with Crippen LogP contribution in [-0.2, 0) is 14.9 Å². The molecule has 0 bridgehead atoms. The Morgan fingerprint density at radius 1 is 1.25 bits per heavy atom. The summed E-state index contributed by atoms with van der Waals surface area (Å²) in [6, 6.07) is 6.47. The van der Waals surface area contributed by atoms with Gasteiger partial charge in [0.2, 0.25) is 0 Å². The molecule has 4 nitrogen and oxygen atoms in total. The van der Waals surface area contributed by atoms with Crippen LogP contribution in [0.5, 0.6) is 0 Å². The summed E-state index contributed by atoms with van der Waals surface area (Å²) >= 11 is 0. The van der Waals surface area contributed by atoms with Gasteiger partial charge in [-0.25, -0.2) is 4.39 Å². The lowest BCUT2D eigenvalue weighted by Gasteiger charge is -2.31. The molecule has 0 radical (unpaired) electrons. The quantitative estimate of drug-likeness (QED) is 0.639. The summed E-state index contributed by atoms with van der Waals surface area (Å²) < 4.78 is 24.2. The molecule has 0 aromatic heterocycles. The fourth-order valence-electron chi connectivity index (χ4n) is 2.22. The van der Waals surface area contributed by atoms with E-state index in [9.17, 15) is 9.50 Å². The van der Waals surface area contributed by atoms with E-state index in [4.69, 9.17) is 15.2 Å². The lowest BCUT2D eigenvalue weighted by Crippen LogP contribution is -2.40. The molecule has 5 heteroatoms. The Labute approximate surface area is 119 Å². The third kappa shape index (κ3) is 4.52. The summed E-state index contributed by atoms with van der Waals surface area (Å²) in [5.74, 6) is -0.327. The number of nitrogens with two attached hydrogens (primary N) is 1. The molecule has 1 atom stereocenters. The number of methoxy groups -OCH3 is 1. The normalized spacial score (nSPS) is 14.2. The smallest absolute Gasteiger partial charge is 0.127 e. The number of benzene rings is 1. The summed E-state index contributed by atoms with van der Waals surface area (Å²) in [5.41, 5.74) is 5.53. The SMILES string of the molecule is COCCOCCCC(CN)(CO)c1ccccc1F. The Morgan fingerprint density at radius 2 is 2.00 bits per heavy atom. The van der Waals surface area contributed by atoms with Crippen LogP contribution in [0.2, 0.25) is 0 Å². The number of rotatable bonds is 10. The zero-order valence-electron chi connectivity index (χ0n) is 12.0. The molecular formula is C15H24FNO3. The van der Waals surface area contributed by atoms with Gasteiger partial charge in [-0.1, -0.05) is 18.2 Å². The lowest BCUT2D eigenvalue weighted by atomic mass is 9.77. The maximum Gasteiger partial charge on any atom is 0.127 e. The van der Waals surface area contributed by atoms with Crippen molar-refractivity contribution in [2.24, 2.45) is 5.73 Å². The van der Waals surface area contributed by atoms with Crippen LogP contribution < -0.4 is 5.73 Å². The summed E-state index contributed by atoms with van der Waals surface area (Å²) in [5, 5.41) is 9.69. The maximum atomic E-state index is 13.9. The predicted molar refractivity (Wildman–Crippen MR) is 76.1 cm³/mol. The van der Waals surface area contributed by atoms with E-state index >= 15 is 0 Å². The van der Waals surface area contributed by atoms with Crippen molar-refractivity contribution in [2.45, 2.75) is 18.3 Å². The third-order valence-corrected chi connectivity index (χ3v) is 3.51. The van der Waals surface area contributed by atoms with Gasteiger partial charge in [-0.2, -0.15) is 0 Å². The number of hydrogen-bond acceptors (Lipinski definition) is 4. The Bertz CT molecular complexity index is 383. The minimum Gasteiger partial charge on any atom is -0.395 e. The Morgan fingerprint density at radius 3 is 2.60 bits per heavy atom. The highest BCUT2D eigenvalue weighted by Crippen LogP contribution is 2.30. The van der Waals surface area contributed by atoms with Crippen LogP contribution in [0.3, 0.4) is 0 Å². The van der Waals surface area contributed by atoms with Crippen molar-refractivity contribution in [1.29, 1.82) is 0 Å². The topological polar surface area (TPSA) is 64.7 Å². The molecule has 1 aromatic carbocycles. The first-order valence-electron chi connectivity index (χ1n) is 6.83. The van der Waals surface area contributed by atoms with Gasteiger partial charge in [0.25, 0.3) is 0 Å². The number of halogens is 1. The summed E-state index contributed by atoms with van der Waals surface area (Å²) in [4.78, 5) is 0. The van der Waals surface area contributed by atoms with Crippen LogP contribution in [0.1, 0.15) is 18.4 Å². The van der Waals surface area contributed by atoms with Crippen molar-refractivity contribution < 1.29 is 19.0 Å². The number of aliphatic hydroxyl groups excluding tert-OH is 1. The van der Waals surface area contributed by atoms with E-state index in [0.717, 1.165) is 0 Å². The standard InChI is InChI=1S/C15H24FNO3/c1-19-9-10-20-8-4-7-15(11-17,12-18)13-5-2-3-6-14(13)16/h2-3,5-6,18H,4,7-12,17H2,1H3. The number of hydrogen-bond donors (Lipinski definition) is 2. The van der Waals surface area contributed by atoms with E-state index in [1.807, 2.05) is 0 Å². The number of ether oxygens (including phenoxy) is 2. The van der Waals surface area contributed by atoms with E-state index in [0.29, 0.717) is 38.2 Å². The summed E-state index contributed by atoms with van der Waals surface area (Å²) in [7, 11) is 1.62. The van der Waals surface area contributed by atoms with Gasteiger partial charge in [0.1, 0.15) is 5.82 Å². The van der Waals surface area contributed by atoms with Crippen LogP contribution in [-0.4, -0.2) is 45.2 Å². The summed E-state index contributed by atoms with van der Waals surface area (Å²) in [6.45, 7) is 1.64. The van der Waals surface area contributed by atoms with Gasteiger partial charge in [0.05, 0.1) is 19.8 Å². The van der Waals surface area contributed by atoms with Gasteiger partial charge in [-0.3, -0.25) is 0 Å². The Hall–Kier alpha value is -1.01. The molecule has 1 rings (SSSR count). The van der Waals surface area contributed by atoms with E-state index in [2.05, 4.69) is 0 Å².